The number of amides is 2. The topological polar surface area (TPSA) is 43.9 Å². The molecule has 25 heavy (non-hydrogen) atoms. The van der Waals surface area contributed by atoms with Gasteiger partial charge in [0.2, 0.25) is 0 Å². The minimum absolute atomic E-state index is 0.156. The van der Waals surface area contributed by atoms with Crippen molar-refractivity contribution in [3.8, 4) is 0 Å². The molecule has 1 aromatic carbocycles. The van der Waals surface area contributed by atoms with Gasteiger partial charge in [-0.1, -0.05) is 18.2 Å². The number of carbonyl (C=O) groups is 2. The first-order valence-corrected chi connectivity index (χ1v) is 9.52. The fraction of sp³-hybridized carbons (Fsp3) is 0.368. The molecular formula is C19H21N3O2S. The Morgan fingerprint density at radius 2 is 1.44 bits per heavy atom. The zero-order valence-corrected chi connectivity index (χ0v) is 14.9. The second kappa shape index (κ2) is 7.07. The minimum atomic E-state index is -0.156. The van der Waals surface area contributed by atoms with Gasteiger partial charge in [-0.05, 0) is 23.6 Å². The molecule has 4 rings (SSSR count). The van der Waals surface area contributed by atoms with Crippen molar-refractivity contribution in [1.82, 2.24) is 14.7 Å². The Bertz CT molecular complexity index is 732. The molecule has 0 atom stereocenters. The Morgan fingerprint density at radius 1 is 0.800 bits per heavy atom. The van der Waals surface area contributed by atoms with Gasteiger partial charge < -0.3 is 0 Å². The molecule has 0 unspecified atom stereocenters. The molecule has 0 radical (unpaired) electrons. The third-order valence-corrected chi connectivity index (χ3v) is 5.80. The summed E-state index contributed by atoms with van der Waals surface area (Å²) in [7, 11) is 0. The van der Waals surface area contributed by atoms with Crippen LogP contribution < -0.4 is 0 Å². The van der Waals surface area contributed by atoms with Gasteiger partial charge in [0.15, 0.2) is 0 Å². The number of hydrogen-bond acceptors (Lipinski definition) is 5. The molecule has 0 N–H and O–H groups in total. The van der Waals surface area contributed by atoms with Crippen molar-refractivity contribution in [1.29, 1.82) is 0 Å². The van der Waals surface area contributed by atoms with Crippen molar-refractivity contribution in [3.63, 3.8) is 0 Å². The summed E-state index contributed by atoms with van der Waals surface area (Å²) < 4.78 is 0. The maximum Gasteiger partial charge on any atom is 0.261 e. The van der Waals surface area contributed by atoms with E-state index in [9.17, 15) is 9.59 Å². The molecule has 6 heteroatoms. The molecule has 2 aliphatic rings. The van der Waals surface area contributed by atoms with Gasteiger partial charge >= 0.3 is 0 Å². The predicted octanol–water partition coefficient (Wildman–Crippen LogP) is 2.16. The van der Waals surface area contributed by atoms with Gasteiger partial charge in [-0.25, -0.2) is 0 Å². The van der Waals surface area contributed by atoms with E-state index in [0.717, 1.165) is 39.3 Å². The van der Waals surface area contributed by atoms with Gasteiger partial charge in [-0.2, -0.15) is 0 Å². The third-order valence-electron chi connectivity index (χ3n) is 4.94. The van der Waals surface area contributed by atoms with Crippen LogP contribution in [0.4, 0.5) is 0 Å². The number of piperazine rings is 1. The molecule has 2 amide bonds. The van der Waals surface area contributed by atoms with Crippen LogP contribution in [0.5, 0.6) is 0 Å². The van der Waals surface area contributed by atoms with Crippen molar-refractivity contribution in [2.45, 2.75) is 6.54 Å². The molecule has 2 aliphatic heterocycles. The van der Waals surface area contributed by atoms with Crippen LogP contribution in [0.1, 0.15) is 25.6 Å². The SMILES string of the molecule is O=C1c2ccccc2C(=O)N1CCN1CCN(Cc2cccs2)CC1. The van der Waals surface area contributed by atoms with E-state index in [1.807, 2.05) is 0 Å². The number of imide groups is 1. The van der Waals surface area contributed by atoms with Gasteiger partial charge in [0.05, 0.1) is 11.1 Å². The Hall–Kier alpha value is -2.02. The van der Waals surface area contributed by atoms with Crippen LogP contribution >= 0.6 is 11.3 Å². The average molecular weight is 355 g/mol. The second-order valence-electron chi connectivity index (χ2n) is 6.50. The van der Waals surface area contributed by atoms with Crippen LogP contribution in [0, 0.1) is 0 Å². The van der Waals surface area contributed by atoms with Crippen LogP contribution in [-0.2, 0) is 6.54 Å². The van der Waals surface area contributed by atoms with Crippen molar-refractivity contribution in [2.75, 3.05) is 39.3 Å². The maximum absolute atomic E-state index is 12.4. The zero-order chi connectivity index (χ0) is 17.2. The lowest BCUT2D eigenvalue weighted by Crippen LogP contribution is -2.48. The highest BCUT2D eigenvalue weighted by Gasteiger charge is 2.35. The smallest absolute Gasteiger partial charge is 0.261 e. The van der Waals surface area contributed by atoms with Crippen molar-refractivity contribution >= 4 is 23.2 Å². The number of fused-ring (bicyclic) bond motifs is 1. The van der Waals surface area contributed by atoms with Crippen molar-refractivity contribution < 1.29 is 9.59 Å². The minimum Gasteiger partial charge on any atom is -0.299 e. The van der Waals surface area contributed by atoms with E-state index >= 15 is 0 Å². The Labute approximate surface area is 151 Å². The molecule has 130 valence electrons. The van der Waals surface area contributed by atoms with Gasteiger partial charge in [-0.15, -0.1) is 11.3 Å². The van der Waals surface area contributed by atoms with E-state index < -0.39 is 0 Å². The van der Waals surface area contributed by atoms with Crippen LogP contribution in [0.3, 0.4) is 0 Å². The normalized spacial score (nSPS) is 18.8. The summed E-state index contributed by atoms with van der Waals surface area (Å²) in [5.41, 5.74) is 1.07. The van der Waals surface area contributed by atoms with E-state index in [1.54, 1.807) is 35.6 Å². The summed E-state index contributed by atoms with van der Waals surface area (Å²) in [4.78, 5) is 32.4. The molecule has 1 aromatic heterocycles. The number of rotatable bonds is 5. The highest BCUT2D eigenvalue weighted by Crippen LogP contribution is 2.22. The first-order chi connectivity index (χ1) is 12.2. The van der Waals surface area contributed by atoms with Crippen LogP contribution in [0.25, 0.3) is 0 Å². The lowest BCUT2D eigenvalue weighted by atomic mass is 10.1. The number of hydrogen-bond donors (Lipinski definition) is 0. The standard InChI is InChI=1S/C19H21N3O2S/c23-18-16-5-1-2-6-17(16)19(24)22(18)12-11-20-7-9-21(10-8-20)14-15-4-3-13-25-15/h1-6,13H,7-12,14H2. The highest BCUT2D eigenvalue weighted by atomic mass is 32.1. The molecule has 0 saturated carbocycles. The molecule has 1 saturated heterocycles. The second-order valence-corrected chi connectivity index (χ2v) is 7.54. The number of benzene rings is 1. The van der Waals surface area contributed by atoms with Gasteiger partial charge in [0.25, 0.3) is 11.8 Å². The number of nitrogens with zero attached hydrogens (tertiary/aromatic N) is 3. The number of carbonyl (C=O) groups excluding carboxylic acids is 2. The Morgan fingerprint density at radius 3 is 2.04 bits per heavy atom. The molecule has 1 fully saturated rings. The average Bonchev–Trinajstić information content (AvgIpc) is 3.23. The Balaban J connectivity index is 1.27. The maximum atomic E-state index is 12.4. The van der Waals surface area contributed by atoms with Crippen molar-refractivity contribution in [3.05, 3.63) is 57.8 Å². The van der Waals surface area contributed by atoms with Crippen LogP contribution in [0.2, 0.25) is 0 Å². The first kappa shape index (κ1) is 16.4. The molecule has 3 heterocycles. The summed E-state index contributed by atoms with van der Waals surface area (Å²) in [5.74, 6) is -0.311. The van der Waals surface area contributed by atoms with Gasteiger partial charge in [0.1, 0.15) is 0 Å². The van der Waals surface area contributed by atoms with Crippen LogP contribution in [-0.4, -0.2) is 65.8 Å². The van der Waals surface area contributed by atoms with E-state index in [1.165, 1.54) is 9.78 Å². The first-order valence-electron chi connectivity index (χ1n) is 8.65. The van der Waals surface area contributed by atoms with E-state index in [2.05, 4.69) is 27.3 Å². The summed E-state index contributed by atoms with van der Waals surface area (Å²) >= 11 is 1.80. The summed E-state index contributed by atoms with van der Waals surface area (Å²) in [6, 6.07) is 11.4. The molecule has 5 nitrogen and oxygen atoms in total. The zero-order valence-electron chi connectivity index (χ0n) is 14.1. The van der Waals surface area contributed by atoms with Gasteiger partial charge in [-0.3, -0.25) is 24.3 Å². The van der Waals surface area contributed by atoms with E-state index in [4.69, 9.17) is 0 Å². The lowest BCUT2D eigenvalue weighted by Gasteiger charge is -2.35. The summed E-state index contributed by atoms with van der Waals surface area (Å²) in [6.45, 7) is 6.25. The predicted molar refractivity (Wildman–Crippen MR) is 97.8 cm³/mol. The summed E-state index contributed by atoms with van der Waals surface area (Å²) in [5, 5.41) is 2.12. The van der Waals surface area contributed by atoms with Gasteiger partial charge in [0, 0.05) is 50.7 Å². The highest BCUT2D eigenvalue weighted by molar-refractivity contribution is 7.09. The molecule has 2 aromatic rings. The van der Waals surface area contributed by atoms with E-state index in [0.29, 0.717) is 17.7 Å². The van der Waals surface area contributed by atoms with Crippen molar-refractivity contribution in [2.24, 2.45) is 0 Å². The summed E-state index contributed by atoms with van der Waals surface area (Å²) in [6.07, 6.45) is 0. The molecular weight excluding hydrogens is 334 g/mol. The quantitative estimate of drug-likeness (QED) is 0.771. The lowest BCUT2D eigenvalue weighted by molar-refractivity contribution is 0.0613. The largest absolute Gasteiger partial charge is 0.299 e. The fourth-order valence-electron chi connectivity index (χ4n) is 3.48. The molecule has 0 aliphatic carbocycles. The third kappa shape index (κ3) is 3.38. The van der Waals surface area contributed by atoms with E-state index in [-0.39, 0.29) is 11.8 Å². The Kier molecular flexibility index (Phi) is 4.65. The fourth-order valence-corrected chi connectivity index (χ4v) is 4.22. The number of thiophene rings is 1. The molecule has 0 spiro atoms. The molecule has 0 bridgehead atoms. The van der Waals surface area contributed by atoms with Crippen LogP contribution in [0.15, 0.2) is 41.8 Å². The monoisotopic (exact) mass is 355 g/mol.